The molecule has 4 aromatic rings. The first-order chi connectivity index (χ1) is 35.7. The molecule has 26 heteroatoms. The lowest BCUT2D eigenvalue weighted by Crippen LogP contribution is -2.65. The number of amides is 5. The van der Waals surface area contributed by atoms with Gasteiger partial charge in [-0.05, 0) is 65.7 Å². The third-order valence-electron chi connectivity index (χ3n) is 14.3. The molecule has 2 saturated heterocycles. The van der Waals surface area contributed by atoms with Gasteiger partial charge in [-0.1, -0.05) is 87.0 Å². The number of benzene rings is 4. The zero-order valence-corrected chi connectivity index (χ0v) is 45.9. The van der Waals surface area contributed by atoms with Gasteiger partial charge in [0.15, 0.2) is 33.5 Å². The van der Waals surface area contributed by atoms with Gasteiger partial charge in [0, 0.05) is 40.7 Å². The molecule has 0 aromatic heterocycles. The molecule has 0 spiro atoms. The van der Waals surface area contributed by atoms with Crippen LogP contribution in [0.2, 0.25) is 18.1 Å². The van der Waals surface area contributed by atoms with Crippen LogP contribution in [0, 0.1) is 11.6 Å². The minimum Gasteiger partial charge on any atom is -0.480 e. The third kappa shape index (κ3) is 10.9. The van der Waals surface area contributed by atoms with Crippen LogP contribution in [-0.2, 0) is 48.8 Å². The lowest BCUT2D eigenvalue weighted by Gasteiger charge is -2.48. The second-order valence-electron chi connectivity index (χ2n) is 20.3. The van der Waals surface area contributed by atoms with E-state index < -0.39 is 159 Å². The number of nitrogens with one attached hydrogen (secondary N) is 1. The molecule has 0 saturated carbocycles. The number of anilines is 1. The number of likely N-dealkylation sites (tertiary alicyclic amines) is 2. The van der Waals surface area contributed by atoms with Gasteiger partial charge in [-0.3, -0.25) is 24.2 Å². The van der Waals surface area contributed by atoms with E-state index >= 15 is 18.4 Å². The van der Waals surface area contributed by atoms with Crippen molar-refractivity contribution in [2.24, 2.45) is 11.5 Å². The normalized spacial score (nSPS) is 21.0. The number of allylic oxidation sites excluding steroid dienone is 2. The van der Waals surface area contributed by atoms with E-state index in [2.05, 4.69) is 5.32 Å². The van der Waals surface area contributed by atoms with E-state index in [4.69, 9.17) is 32.2 Å². The van der Waals surface area contributed by atoms with Crippen LogP contribution in [0.4, 0.5) is 24.1 Å². The average molecular weight is 1140 g/mol. The van der Waals surface area contributed by atoms with E-state index in [0.717, 1.165) is 36.8 Å². The van der Waals surface area contributed by atoms with Gasteiger partial charge in [-0.2, -0.15) is 0 Å². The number of rotatable bonds is 14. The fourth-order valence-corrected chi connectivity index (χ4v) is 13.1. The van der Waals surface area contributed by atoms with E-state index in [1.807, 2.05) is 20.8 Å². The van der Waals surface area contributed by atoms with Crippen LogP contribution in [0.25, 0.3) is 22.3 Å². The summed E-state index contributed by atoms with van der Waals surface area (Å²) < 4.78 is 101. The molecule has 5 amide bonds. The second-order valence-corrected chi connectivity index (χ2v) is 29.5. The van der Waals surface area contributed by atoms with Crippen molar-refractivity contribution in [2.75, 3.05) is 37.5 Å². The summed E-state index contributed by atoms with van der Waals surface area (Å²) >= 11 is 6.73. The highest BCUT2D eigenvalue weighted by molar-refractivity contribution is 7.91. The van der Waals surface area contributed by atoms with Crippen LogP contribution < -0.4 is 16.8 Å². The maximum atomic E-state index is 18.7. The summed E-state index contributed by atoms with van der Waals surface area (Å²) in [6.07, 6.45) is -2.59. The number of halogens is 3. The van der Waals surface area contributed by atoms with Gasteiger partial charge in [0.05, 0.1) is 52.8 Å². The third-order valence-corrected chi connectivity index (χ3v) is 21.3. The number of primary amides is 2. The number of sulfone groups is 2. The number of carboxylic acid groups (broad SMARTS) is 2. The summed E-state index contributed by atoms with van der Waals surface area (Å²) in [7, 11) is -11.2. The van der Waals surface area contributed by atoms with E-state index in [1.165, 1.54) is 71.6 Å². The number of nitrogens with two attached hydrogens (primary N) is 2. The molecule has 3 heterocycles. The van der Waals surface area contributed by atoms with E-state index in [1.54, 1.807) is 13.1 Å². The van der Waals surface area contributed by atoms with Crippen molar-refractivity contribution in [1.29, 1.82) is 0 Å². The number of hydrogen-bond donors (Lipinski definition) is 5. The molecule has 4 aromatic carbocycles. The Hall–Kier alpha value is -7.19. The Kier molecular flexibility index (Phi) is 15.7. The monoisotopic (exact) mass is 1140 g/mol. The smallest absolute Gasteiger partial charge is 0.411 e. The van der Waals surface area contributed by atoms with Gasteiger partial charge in [-0.25, -0.2) is 40.0 Å². The van der Waals surface area contributed by atoms with Crippen molar-refractivity contribution in [3.8, 4) is 22.3 Å². The fraction of sp³-hybridized carbons (Fsp3) is 0.333. The van der Waals surface area contributed by atoms with E-state index in [-0.39, 0.29) is 37.2 Å². The first-order valence-corrected chi connectivity index (χ1v) is 30.6. The molecule has 3 aliphatic rings. The van der Waals surface area contributed by atoms with Crippen molar-refractivity contribution in [3.63, 3.8) is 0 Å². The highest BCUT2D eigenvalue weighted by Crippen LogP contribution is 2.51. The lowest BCUT2D eigenvalue weighted by molar-refractivity contribution is -0.141. The van der Waals surface area contributed by atoms with Gasteiger partial charge in [0.1, 0.15) is 29.5 Å². The van der Waals surface area contributed by atoms with Gasteiger partial charge >= 0.3 is 18.2 Å². The van der Waals surface area contributed by atoms with Crippen molar-refractivity contribution in [3.05, 3.63) is 125 Å². The summed E-state index contributed by atoms with van der Waals surface area (Å²) in [5, 5.41) is 21.7. The number of carbonyl (C=O) groups excluding carboxylic acids is 4. The zero-order valence-electron chi connectivity index (χ0n) is 42.5. The predicted octanol–water partition coefficient (Wildman–Crippen LogP) is 6.26. The van der Waals surface area contributed by atoms with Crippen LogP contribution in [0.3, 0.4) is 0 Å². The van der Waals surface area contributed by atoms with Gasteiger partial charge in [0.2, 0.25) is 0 Å². The molecule has 0 radical (unpaired) electrons. The SMILES string of the molecule is CC(C)(C)[Si](C)(C)OC1CN(C(=O)O[C@@H]2C[C@H](C(=O)O)N(C(=O)O)C2)C(C(=O)Nc2ccc(-c3ccccc3S(C)(=O)=O)cc2F)(c2ccc(-c3ccccc3S(C)(=O)=O)c(C(N)=O)c2F)C1N1CC(Cl)=CC=C1C(N)=O. The lowest BCUT2D eigenvalue weighted by atomic mass is 9.78. The van der Waals surface area contributed by atoms with Crippen molar-refractivity contribution >= 4 is 81.2 Å². The number of ether oxygens (including phenoxy) is 1. The molecule has 3 aliphatic heterocycles. The molecule has 0 aliphatic carbocycles. The number of hydrogen-bond acceptors (Lipinski definition) is 13. The maximum Gasteiger partial charge on any atom is 0.411 e. The number of nitrogens with zero attached hydrogens (tertiary/aromatic N) is 3. The zero-order chi connectivity index (χ0) is 57.1. The Balaban J connectivity index is 1.59. The standard InChI is InChI=1S/C51H55ClF2N6O14S2Si/c1-50(2,3)77(6,7)74-38-26-60(49(68)73-29-23-37(46(63)64)59(25-29)48(66)67)51(43(38)58-24-28(52)17-21-36(58)44(55)61,33-19-18-32(41(42(33)54)45(56)62)31-13-9-11-15-40(31)76(5,71)72)47(65)57-35-20-16-27(22-34(35)53)30-12-8-10-14-39(30)75(4,69)70/h8-22,29,37-38,43H,23-26H2,1-7H3,(H2,55,61)(H2,56,62)(H,57,65)(H,63,64)(H,66,67)/t29-,37-,38?,43?,51?/m1/s1. The molecular weight excluding hydrogens is 1090 g/mol. The molecule has 0 bridgehead atoms. The minimum atomic E-state index is -4.13. The summed E-state index contributed by atoms with van der Waals surface area (Å²) in [5.74, 6) is -8.54. The molecule has 7 rings (SSSR count). The van der Waals surface area contributed by atoms with Crippen LogP contribution >= 0.6 is 11.6 Å². The number of aliphatic carboxylic acids is 1. The molecule has 20 nitrogen and oxygen atoms in total. The molecular formula is C51H55ClF2N6O14S2Si. The first kappa shape index (κ1) is 57.5. The van der Waals surface area contributed by atoms with Crippen LogP contribution in [0.1, 0.15) is 43.1 Å². The Bertz CT molecular complexity index is 3420. The summed E-state index contributed by atoms with van der Waals surface area (Å²) in [6, 6.07) is 12.6. The molecule has 2 fully saturated rings. The van der Waals surface area contributed by atoms with Crippen LogP contribution in [0.5, 0.6) is 0 Å². The Labute approximate surface area is 448 Å². The van der Waals surface area contributed by atoms with Gasteiger partial charge in [-0.15, -0.1) is 0 Å². The highest BCUT2D eigenvalue weighted by Gasteiger charge is 2.67. The van der Waals surface area contributed by atoms with Crippen molar-refractivity contribution < 1.29 is 73.8 Å². The highest BCUT2D eigenvalue weighted by atomic mass is 35.5. The van der Waals surface area contributed by atoms with E-state index in [9.17, 15) is 46.2 Å². The number of carbonyl (C=O) groups is 6. The molecule has 7 N–H and O–H groups in total. The predicted molar refractivity (Wildman–Crippen MR) is 280 cm³/mol. The van der Waals surface area contributed by atoms with Crippen LogP contribution in [0.15, 0.2) is 112 Å². The summed E-state index contributed by atoms with van der Waals surface area (Å²) in [4.78, 5) is 85.7. The maximum absolute atomic E-state index is 18.7. The van der Waals surface area contributed by atoms with Crippen LogP contribution in [-0.4, -0.2) is 142 Å². The molecule has 3 unspecified atom stereocenters. The van der Waals surface area contributed by atoms with Gasteiger partial charge in [0.25, 0.3) is 17.7 Å². The Morgan fingerprint density at radius 1 is 0.818 bits per heavy atom. The first-order valence-electron chi connectivity index (χ1n) is 23.6. The molecule has 5 atom stereocenters. The van der Waals surface area contributed by atoms with Crippen molar-refractivity contribution in [1.82, 2.24) is 14.7 Å². The quantitative estimate of drug-likeness (QED) is 0.0870. The minimum absolute atomic E-state index is 0.00197. The van der Waals surface area contributed by atoms with Crippen molar-refractivity contribution in [2.45, 2.75) is 84.9 Å². The molecule has 410 valence electrons. The summed E-state index contributed by atoms with van der Waals surface area (Å²) in [5.41, 5.74) is 5.47. The molecule has 77 heavy (non-hydrogen) atoms. The summed E-state index contributed by atoms with van der Waals surface area (Å²) in [6.45, 7) is 7.17. The fourth-order valence-electron chi connectivity index (χ4n) is 9.79. The topological polar surface area (TPSA) is 303 Å². The second kappa shape index (κ2) is 21.0. The number of carboxylic acids is 1. The van der Waals surface area contributed by atoms with E-state index in [0.29, 0.717) is 9.80 Å². The largest absolute Gasteiger partial charge is 0.480 e. The average Bonchev–Trinajstić information content (AvgIpc) is 3.93. The Morgan fingerprint density at radius 3 is 1.95 bits per heavy atom. The van der Waals surface area contributed by atoms with Gasteiger partial charge < -0.3 is 41.1 Å². The Morgan fingerprint density at radius 2 is 1.42 bits per heavy atom.